The fourth-order valence-corrected chi connectivity index (χ4v) is 1.94. The Kier molecular flexibility index (Phi) is 3.43. The summed E-state index contributed by atoms with van der Waals surface area (Å²) in [5, 5.41) is 0. The summed E-state index contributed by atoms with van der Waals surface area (Å²) in [4.78, 5) is 8.38. The van der Waals surface area contributed by atoms with Crippen LogP contribution in [0.2, 0.25) is 0 Å². The van der Waals surface area contributed by atoms with Crippen molar-refractivity contribution in [3.63, 3.8) is 0 Å². The summed E-state index contributed by atoms with van der Waals surface area (Å²) in [7, 11) is 0. The van der Waals surface area contributed by atoms with E-state index in [1.807, 2.05) is 32.9 Å². The predicted molar refractivity (Wildman–Crippen MR) is 70.5 cm³/mol. The second-order valence-corrected chi connectivity index (χ2v) is 4.76. The van der Waals surface area contributed by atoms with Crippen LogP contribution < -0.4 is 4.74 Å². The lowest BCUT2D eigenvalue weighted by Crippen LogP contribution is -1.95. The summed E-state index contributed by atoms with van der Waals surface area (Å²) < 4.78 is 6.50. The van der Waals surface area contributed by atoms with Gasteiger partial charge in [-0.3, -0.25) is 0 Å². The first-order valence-corrected chi connectivity index (χ1v) is 6.10. The molecule has 0 unspecified atom stereocenters. The van der Waals surface area contributed by atoms with Gasteiger partial charge >= 0.3 is 0 Å². The molecular weight excluding hydrogens is 280 g/mol. The number of aryl methyl sites for hydroxylation is 3. The standard InChI is InChI=1S/C13H13BrN2O/c1-8-4-5-9(2)11(6-8)17-13-7-12(14)15-10(3)16-13/h4-7H,1-3H3. The molecule has 2 rings (SSSR count). The maximum atomic E-state index is 5.77. The van der Waals surface area contributed by atoms with E-state index in [0.717, 1.165) is 21.5 Å². The molecule has 0 radical (unpaired) electrons. The van der Waals surface area contributed by atoms with Crippen molar-refractivity contribution in [3.8, 4) is 11.6 Å². The number of ether oxygens (including phenoxy) is 1. The number of benzene rings is 1. The Morgan fingerprint density at radius 2 is 1.82 bits per heavy atom. The Hall–Kier alpha value is -1.42. The van der Waals surface area contributed by atoms with Crippen molar-refractivity contribution in [1.29, 1.82) is 0 Å². The van der Waals surface area contributed by atoms with Gasteiger partial charge in [-0.05, 0) is 53.9 Å². The van der Waals surface area contributed by atoms with Crippen LogP contribution in [0.15, 0.2) is 28.9 Å². The summed E-state index contributed by atoms with van der Waals surface area (Å²) >= 11 is 3.33. The maximum Gasteiger partial charge on any atom is 0.223 e. The molecule has 17 heavy (non-hydrogen) atoms. The van der Waals surface area contributed by atoms with E-state index in [1.165, 1.54) is 0 Å². The first kappa shape index (κ1) is 12.0. The predicted octanol–water partition coefficient (Wildman–Crippen LogP) is 3.96. The number of halogens is 1. The van der Waals surface area contributed by atoms with Gasteiger partial charge in [0.1, 0.15) is 16.2 Å². The molecule has 1 aromatic carbocycles. The smallest absolute Gasteiger partial charge is 0.223 e. The summed E-state index contributed by atoms with van der Waals surface area (Å²) in [6.45, 7) is 5.88. The van der Waals surface area contributed by atoms with Gasteiger partial charge < -0.3 is 4.74 Å². The molecule has 0 aliphatic rings. The SMILES string of the molecule is Cc1ccc(C)c(Oc2cc(Br)nc(C)n2)c1. The van der Waals surface area contributed by atoms with Gasteiger partial charge in [0.25, 0.3) is 0 Å². The van der Waals surface area contributed by atoms with Gasteiger partial charge in [0.05, 0.1) is 0 Å². The van der Waals surface area contributed by atoms with Gasteiger partial charge in [0, 0.05) is 6.07 Å². The van der Waals surface area contributed by atoms with E-state index < -0.39 is 0 Å². The molecular formula is C13H13BrN2O. The summed E-state index contributed by atoms with van der Waals surface area (Å²) in [6.07, 6.45) is 0. The second kappa shape index (κ2) is 4.84. The fraction of sp³-hybridized carbons (Fsp3) is 0.231. The monoisotopic (exact) mass is 292 g/mol. The molecule has 0 amide bonds. The van der Waals surface area contributed by atoms with Crippen molar-refractivity contribution in [2.24, 2.45) is 0 Å². The highest BCUT2D eigenvalue weighted by atomic mass is 79.9. The van der Waals surface area contributed by atoms with Crippen molar-refractivity contribution in [3.05, 3.63) is 45.8 Å². The molecule has 0 bridgehead atoms. The molecule has 4 heteroatoms. The highest BCUT2D eigenvalue weighted by Gasteiger charge is 2.05. The molecule has 0 N–H and O–H groups in total. The summed E-state index contributed by atoms with van der Waals surface area (Å²) in [6, 6.07) is 7.85. The number of aromatic nitrogens is 2. The molecule has 2 aromatic rings. The van der Waals surface area contributed by atoms with Crippen molar-refractivity contribution >= 4 is 15.9 Å². The Balaban J connectivity index is 2.34. The van der Waals surface area contributed by atoms with E-state index in [4.69, 9.17) is 4.74 Å². The number of hydrogen-bond acceptors (Lipinski definition) is 3. The minimum Gasteiger partial charge on any atom is -0.439 e. The molecule has 88 valence electrons. The quantitative estimate of drug-likeness (QED) is 0.786. The van der Waals surface area contributed by atoms with Crippen LogP contribution in [0.1, 0.15) is 17.0 Å². The first-order valence-electron chi connectivity index (χ1n) is 5.31. The van der Waals surface area contributed by atoms with Gasteiger partial charge in [-0.25, -0.2) is 4.98 Å². The topological polar surface area (TPSA) is 35.0 Å². The fourth-order valence-electron chi connectivity index (χ4n) is 1.49. The molecule has 0 atom stereocenters. The van der Waals surface area contributed by atoms with E-state index in [0.29, 0.717) is 11.7 Å². The van der Waals surface area contributed by atoms with Crippen molar-refractivity contribution in [2.75, 3.05) is 0 Å². The lowest BCUT2D eigenvalue weighted by molar-refractivity contribution is 0.455. The normalized spacial score (nSPS) is 10.4. The zero-order valence-electron chi connectivity index (χ0n) is 9.99. The molecule has 0 saturated heterocycles. The van der Waals surface area contributed by atoms with Crippen LogP contribution in [0.3, 0.4) is 0 Å². The minimum absolute atomic E-state index is 0.554. The zero-order valence-corrected chi connectivity index (χ0v) is 11.6. The van der Waals surface area contributed by atoms with Crippen LogP contribution >= 0.6 is 15.9 Å². The van der Waals surface area contributed by atoms with E-state index in [-0.39, 0.29) is 0 Å². The largest absolute Gasteiger partial charge is 0.439 e. The van der Waals surface area contributed by atoms with Gasteiger partial charge in [0.2, 0.25) is 5.88 Å². The van der Waals surface area contributed by atoms with Crippen molar-refractivity contribution in [2.45, 2.75) is 20.8 Å². The molecule has 1 aromatic heterocycles. The lowest BCUT2D eigenvalue weighted by atomic mass is 10.1. The van der Waals surface area contributed by atoms with Crippen LogP contribution in [0.4, 0.5) is 0 Å². The van der Waals surface area contributed by atoms with E-state index in [9.17, 15) is 0 Å². The number of hydrogen-bond donors (Lipinski definition) is 0. The van der Waals surface area contributed by atoms with Gasteiger partial charge in [-0.15, -0.1) is 0 Å². The zero-order chi connectivity index (χ0) is 12.4. The minimum atomic E-state index is 0.554. The lowest BCUT2D eigenvalue weighted by Gasteiger charge is -2.09. The summed E-state index contributed by atoms with van der Waals surface area (Å²) in [5.74, 6) is 2.06. The number of rotatable bonds is 2. The van der Waals surface area contributed by atoms with Gasteiger partial charge in [-0.1, -0.05) is 12.1 Å². The van der Waals surface area contributed by atoms with Crippen molar-refractivity contribution < 1.29 is 4.74 Å². The third-order valence-corrected chi connectivity index (χ3v) is 2.75. The third-order valence-electron chi connectivity index (χ3n) is 2.34. The summed E-state index contributed by atoms with van der Waals surface area (Å²) in [5.41, 5.74) is 2.25. The molecule has 3 nitrogen and oxygen atoms in total. The maximum absolute atomic E-state index is 5.77. The third kappa shape index (κ3) is 3.03. The Morgan fingerprint density at radius 3 is 2.53 bits per heavy atom. The second-order valence-electron chi connectivity index (χ2n) is 3.95. The van der Waals surface area contributed by atoms with Crippen molar-refractivity contribution in [1.82, 2.24) is 9.97 Å². The Morgan fingerprint density at radius 1 is 1.06 bits per heavy atom. The first-order chi connectivity index (χ1) is 8.04. The molecule has 1 heterocycles. The molecule has 0 fully saturated rings. The number of nitrogens with zero attached hydrogens (tertiary/aromatic N) is 2. The van der Waals surface area contributed by atoms with E-state index >= 15 is 0 Å². The van der Waals surface area contributed by atoms with Crippen LogP contribution in [-0.4, -0.2) is 9.97 Å². The molecule has 0 aliphatic carbocycles. The van der Waals surface area contributed by atoms with Crippen LogP contribution in [-0.2, 0) is 0 Å². The molecule has 0 spiro atoms. The van der Waals surface area contributed by atoms with Crippen LogP contribution in [0.5, 0.6) is 11.6 Å². The Bertz CT molecular complexity index is 535. The van der Waals surface area contributed by atoms with Crippen LogP contribution in [0, 0.1) is 20.8 Å². The van der Waals surface area contributed by atoms with Crippen LogP contribution in [0.25, 0.3) is 0 Å². The molecule has 0 saturated carbocycles. The highest BCUT2D eigenvalue weighted by molar-refractivity contribution is 9.10. The molecule has 0 aliphatic heterocycles. The average molecular weight is 293 g/mol. The average Bonchev–Trinajstić information content (AvgIpc) is 2.22. The van der Waals surface area contributed by atoms with E-state index in [2.05, 4.69) is 32.0 Å². The highest BCUT2D eigenvalue weighted by Crippen LogP contribution is 2.25. The van der Waals surface area contributed by atoms with Gasteiger partial charge in [-0.2, -0.15) is 4.98 Å². The van der Waals surface area contributed by atoms with Gasteiger partial charge in [0.15, 0.2) is 0 Å². The Labute approximate surface area is 109 Å². The van der Waals surface area contributed by atoms with E-state index in [1.54, 1.807) is 6.07 Å².